The predicted octanol–water partition coefficient (Wildman–Crippen LogP) is 3.31. The molecule has 0 bridgehead atoms. The Hall–Kier alpha value is -2.52. The van der Waals surface area contributed by atoms with Crippen molar-refractivity contribution in [3.05, 3.63) is 58.1 Å². The van der Waals surface area contributed by atoms with Gasteiger partial charge in [-0.3, -0.25) is 14.8 Å². The van der Waals surface area contributed by atoms with Gasteiger partial charge in [0.15, 0.2) is 10.0 Å². The van der Waals surface area contributed by atoms with Crippen LogP contribution in [0.25, 0.3) is 10.2 Å². The van der Waals surface area contributed by atoms with Crippen LogP contribution >= 0.6 is 11.3 Å². The molecule has 0 aliphatic heterocycles. The summed E-state index contributed by atoms with van der Waals surface area (Å²) in [6, 6.07) is 10.8. The first-order valence-corrected chi connectivity index (χ1v) is 8.81. The molecule has 0 radical (unpaired) electrons. The Morgan fingerprint density at radius 1 is 1.17 bits per heavy atom. The van der Waals surface area contributed by atoms with E-state index in [0.717, 1.165) is 16.3 Å². The van der Waals surface area contributed by atoms with E-state index in [1.54, 1.807) is 0 Å². The summed E-state index contributed by atoms with van der Waals surface area (Å²) in [6.07, 6.45) is 0. The molecule has 23 heavy (non-hydrogen) atoms. The molecular weight excluding hydrogens is 338 g/mol. The van der Waals surface area contributed by atoms with Crippen molar-refractivity contribution in [1.29, 1.82) is 0 Å². The van der Waals surface area contributed by atoms with Gasteiger partial charge in [0.2, 0.25) is 0 Å². The number of anilines is 1. The molecule has 0 aliphatic carbocycles. The van der Waals surface area contributed by atoms with Crippen LogP contribution in [-0.4, -0.2) is 18.3 Å². The first-order valence-electron chi connectivity index (χ1n) is 6.51. The number of aromatic nitrogens is 1. The van der Waals surface area contributed by atoms with E-state index in [-0.39, 0.29) is 10.0 Å². The van der Waals surface area contributed by atoms with Crippen LogP contribution in [0.4, 0.5) is 10.8 Å². The van der Waals surface area contributed by atoms with Gasteiger partial charge in [-0.2, -0.15) is 0 Å². The molecule has 1 heterocycles. The van der Waals surface area contributed by atoms with Gasteiger partial charge >= 0.3 is 0 Å². The van der Waals surface area contributed by atoms with E-state index in [1.165, 1.54) is 29.5 Å². The van der Waals surface area contributed by atoms with Crippen LogP contribution in [0.3, 0.4) is 0 Å². The zero-order chi connectivity index (χ0) is 16.6. The number of benzene rings is 2. The molecule has 1 N–H and O–H groups in total. The monoisotopic (exact) mass is 349 g/mol. The van der Waals surface area contributed by atoms with Crippen LogP contribution in [0.5, 0.6) is 0 Å². The zero-order valence-electron chi connectivity index (χ0n) is 11.9. The number of aryl methyl sites for hydroxylation is 1. The van der Waals surface area contributed by atoms with E-state index in [9.17, 15) is 18.5 Å². The molecule has 118 valence electrons. The lowest BCUT2D eigenvalue weighted by Crippen LogP contribution is -2.14. The Kier molecular flexibility index (Phi) is 3.74. The van der Waals surface area contributed by atoms with Crippen LogP contribution in [0.15, 0.2) is 47.4 Å². The number of sulfonamides is 1. The third kappa shape index (κ3) is 2.88. The molecule has 9 heteroatoms. The molecule has 0 fully saturated rings. The molecule has 0 unspecified atom stereocenters. The SMILES string of the molecule is Cc1cccc2sc(NS(=O)(=O)c3ccccc3[N+](=O)[O-])nc12. The molecule has 0 amide bonds. The Labute approximate surface area is 135 Å². The van der Waals surface area contributed by atoms with Gasteiger partial charge in [0.25, 0.3) is 15.7 Å². The lowest BCUT2D eigenvalue weighted by molar-refractivity contribution is -0.387. The molecular formula is C14H11N3O4S2. The first kappa shape index (κ1) is 15.4. The maximum atomic E-state index is 12.4. The summed E-state index contributed by atoms with van der Waals surface area (Å²) in [5, 5.41) is 11.2. The number of nitro benzene ring substituents is 1. The van der Waals surface area contributed by atoms with Gasteiger partial charge < -0.3 is 0 Å². The fourth-order valence-corrected chi connectivity index (χ4v) is 4.49. The van der Waals surface area contributed by atoms with E-state index < -0.39 is 20.6 Å². The summed E-state index contributed by atoms with van der Waals surface area (Å²) in [5.74, 6) is 0. The summed E-state index contributed by atoms with van der Waals surface area (Å²) in [6.45, 7) is 1.88. The summed E-state index contributed by atoms with van der Waals surface area (Å²) >= 11 is 1.18. The van der Waals surface area contributed by atoms with Crippen LogP contribution in [0, 0.1) is 17.0 Å². The van der Waals surface area contributed by atoms with Crippen LogP contribution in [0.2, 0.25) is 0 Å². The zero-order valence-corrected chi connectivity index (χ0v) is 13.5. The highest BCUT2D eigenvalue weighted by atomic mass is 32.2. The third-order valence-electron chi connectivity index (χ3n) is 3.19. The van der Waals surface area contributed by atoms with Crippen LogP contribution in [-0.2, 0) is 10.0 Å². The van der Waals surface area contributed by atoms with Gasteiger partial charge in [0, 0.05) is 6.07 Å². The highest BCUT2D eigenvalue weighted by Crippen LogP contribution is 2.31. The minimum Gasteiger partial charge on any atom is -0.258 e. The quantitative estimate of drug-likeness (QED) is 0.575. The number of para-hydroxylation sites is 2. The first-order chi connectivity index (χ1) is 10.9. The van der Waals surface area contributed by atoms with Gasteiger partial charge in [-0.25, -0.2) is 13.4 Å². The summed E-state index contributed by atoms with van der Waals surface area (Å²) in [5.41, 5.74) is 1.16. The lowest BCUT2D eigenvalue weighted by Gasteiger charge is -2.05. The fourth-order valence-electron chi connectivity index (χ4n) is 2.14. The average Bonchev–Trinajstić information content (AvgIpc) is 2.90. The fraction of sp³-hybridized carbons (Fsp3) is 0.0714. The Bertz CT molecular complexity index is 1010. The number of hydrogen-bond donors (Lipinski definition) is 1. The second-order valence-corrected chi connectivity index (χ2v) is 7.45. The van der Waals surface area contributed by atoms with Crippen molar-refractivity contribution in [2.75, 3.05) is 4.72 Å². The smallest absolute Gasteiger partial charge is 0.258 e. The molecule has 0 saturated heterocycles. The molecule has 0 spiro atoms. The van der Waals surface area contributed by atoms with Crippen molar-refractivity contribution in [3.8, 4) is 0 Å². The maximum Gasteiger partial charge on any atom is 0.289 e. The van der Waals surface area contributed by atoms with Crippen molar-refractivity contribution in [3.63, 3.8) is 0 Å². The standard InChI is InChI=1S/C14H11N3O4S2/c1-9-5-4-7-11-13(9)15-14(22-11)16-23(20,21)12-8-3-2-6-10(12)17(18)19/h2-8H,1H3,(H,15,16). The molecule has 0 aliphatic rings. The van der Waals surface area contributed by atoms with Gasteiger partial charge in [-0.1, -0.05) is 35.6 Å². The molecule has 0 saturated carbocycles. The molecule has 3 rings (SSSR count). The number of nitrogens with one attached hydrogen (secondary N) is 1. The second kappa shape index (κ2) is 5.60. The number of fused-ring (bicyclic) bond motifs is 1. The van der Waals surface area contributed by atoms with Crippen LogP contribution < -0.4 is 4.72 Å². The minimum absolute atomic E-state index is 0.174. The van der Waals surface area contributed by atoms with Gasteiger partial charge in [0.05, 0.1) is 15.1 Å². The number of rotatable bonds is 4. The molecule has 2 aromatic carbocycles. The molecule has 0 atom stereocenters. The number of hydrogen-bond acceptors (Lipinski definition) is 6. The molecule has 7 nitrogen and oxygen atoms in total. The largest absolute Gasteiger partial charge is 0.289 e. The van der Waals surface area contributed by atoms with E-state index in [1.807, 2.05) is 25.1 Å². The topological polar surface area (TPSA) is 102 Å². The average molecular weight is 349 g/mol. The maximum absolute atomic E-state index is 12.4. The van der Waals surface area contributed by atoms with Crippen molar-refractivity contribution in [2.24, 2.45) is 0 Å². The summed E-state index contributed by atoms with van der Waals surface area (Å²) in [7, 11) is -4.09. The third-order valence-corrected chi connectivity index (χ3v) is 5.65. The van der Waals surface area contributed by atoms with E-state index >= 15 is 0 Å². The van der Waals surface area contributed by atoms with Gasteiger partial charge in [-0.15, -0.1) is 0 Å². The highest BCUT2D eigenvalue weighted by Gasteiger charge is 2.26. The lowest BCUT2D eigenvalue weighted by atomic mass is 10.2. The second-order valence-electron chi connectivity index (χ2n) is 4.77. The molecule has 1 aromatic heterocycles. The number of nitrogens with zero attached hydrogens (tertiary/aromatic N) is 2. The minimum atomic E-state index is -4.09. The summed E-state index contributed by atoms with van der Waals surface area (Å²) in [4.78, 5) is 14.1. The van der Waals surface area contributed by atoms with E-state index in [2.05, 4.69) is 9.71 Å². The van der Waals surface area contributed by atoms with Crippen molar-refractivity contribution in [2.45, 2.75) is 11.8 Å². The van der Waals surface area contributed by atoms with Gasteiger partial charge in [0.1, 0.15) is 0 Å². The highest BCUT2D eigenvalue weighted by molar-refractivity contribution is 7.93. The summed E-state index contributed by atoms with van der Waals surface area (Å²) < 4.78 is 28.0. The normalized spacial score (nSPS) is 11.5. The molecule has 3 aromatic rings. The number of nitro groups is 1. The van der Waals surface area contributed by atoms with E-state index in [4.69, 9.17) is 0 Å². The predicted molar refractivity (Wildman–Crippen MR) is 88.3 cm³/mol. The Morgan fingerprint density at radius 3 is 2.61 bits per heavy atom. The number of thiazole rings is 1. The van der Waals surface area contributed by atoms with E-state index in [0.29, 0.717) is 5.52 Å². The Balaban J connectivity index is 2.04. The van der Waals surface area contributed by atoms with Crippen molar-refractivity contribution in [1.82, 2.24) is 4.98 Å². The van der Waals surface area contributed by atoms with Crippen molar-refractivity contribution >= 4 is 42.4 Å². The van der Waals surface area contributed by atoms with Crippen molar-refractivity contribution < 1.29 is 13.3 Å². The Morgan fingerprint density at radius 2 is 1.91 bits per heavy atom. The van der Waals surface area contributed by atoms with Crippen LogP contribution in [0.1, 0.15) is 5.56 Å². The van der Waals surface area contributed by atoms with Gasteiger partial charge in [-0.05, 0) is 24.6 Å².